The third-order valence-corrected chi connectivity index (χ3v) is 21.2. The van der Waals surface area contributed by atoms with E-state index in [9.17, 15) is 20.1 Å². The molecule has 0 radical (unpaired) electrons. The van der Waals surface area contributed by atoms with Crippen molar-refractivity contribution in [3.63, 3.8) is 0 Å². The second kappa shape index (κ2) is 22.2. The Morgan fingerprint density at radius 2 is 1.62 bits per heavy atom. The first-order valence-corrected chi connectivity index (χ1v) is 30.5. The highest BCUT2D eigenvalue weighted by Gasteiger charge is 2.62. The molecule has 5 aromatic rings. The zero-order chi connectivity index (χ0) is 55.6. The molecule has 6 aliphatic carbocycles. The van der Waals surface area contributed by atoms with E-state index < -0.39 is 47.9 Å². The van der Waals surface area contributed by atoms with Gasteiger partial charge in [-0.15, -0.1) is 0 Å². The van der Waals surface area contributed by atoms with Crippen LogP contribution in [0.4, 0.5) is 0 Å². The zero-order valence-corrected chi connectivity index (χ0v) is 47.0. The number of carbonyl (C=O) groups excluding carboxylic acids is 2. The molecule has 11 nitrogen and oxygen atoms in total. The molecular weight excluding hydrogens is 1020 g/mol. The molecule has 11 heteroatoms. The Labute approximate surface area is 475 Å². The van der Waals surface area contributed by atoms with E-state index >= 15 is 9.59 Å². The molecule has 9 aliphatic rings. The molecule has 12 atom stereocenters. The number of hydrogen-bond donors (Lipinski definition) is 3. The summed E-state index contributed by atoms with van der Waals surface area (Å²) in [4.78, 5) is 45.7. The second-order valence-electron chi connectivity index (χ2n) is 25.1. The van der Waals surface area contributed by atoms with Gasteiger partial charge in [0, 0.05) is 65.7 Å². The van der Waals surface area contributed by atoms with Crippen LogP contribution in [0.2, 0.25) is 0 Å². The van der Waals surface area contributed by atoms with Crippen molar-refractivity contribution in [3.8, 4) is 5.75 Å². The number of hydrogen-bond acceptors (Lipinski definition) is 11. The lowest BCUT2D eigenvalue weighted by molar-refractivity contribution is -0.216. The van der Waals surface area contributed by atoms with Crippen molar-refractivity contribution in [1.29, 1.82) is 0 Å². The molecule has 81 heavy (non-hydrogen) atoms. The predicted octanol–water partition coefficient (Wildman–Crippen LogP) is 12.5. The standard InChI is InChI=1S/C70H78O11/c1-41(38-72)51-28-21-42-19-22-43(23-20-42)52-29-25-46(53-15-8-18-59-54(53)30-27-50-14-7-13-49-26-24-45-11-4-6-17-58(45)70(49,50)59)36-48(52)37-61(74)78-65-63-60(81-69(66(65)80-67(51)75)34-9-12-44-10-3-5-16-57(44)69)32-31-55-56(39-73)62(68(76)79-64(55)63)47(33-35-71)40-77-2/h4,6,8,11,15,17-20,22-26,29,31-32,44,46-50,52,57,65-66,71-73H,3,5,7,9-10,12-14,16,21,27-28,30,33-40H2,1-2H3. The number of esters is 2. The SMILES string of the molecule is COCC(CCO)c1c(CO)c2ccc3c(c2oc1=O)C1OC(=O)CC2CC(c4cccc5c4CCC4CCCC6C=Cc7ccccc7C564)C=CC2c2ccc(cc2)CCC(=C(C)CO)C(=O)OC1C1(CCCC2CCCCC21)O3. The first-order chi connectivity index (χ1) is 39.6. The summed E-state index contributed by atoms with van der Waals surface area (Å²) in [5.41, 5.74) is 8.98. The summed E-state index contributed by atoms with van der Waals surface area (Å²) in [6.07, 6.45) is 20.9. The Bertz CT molecular complexity index is 3380. The molecule has 4 aromatic carbocycles. The molecule has 2 bridgehead atoms. The van der Waals surface area contributed by atoms with Gasteiger partial charge in [0.05, 0.1) is 25.4 Å². The molecule has 1 aromatic heterocycles. The summed E-state index contributed by atoms with van der Waals surface area (Å²) in [7, 11) is 1.52. The summed E-state index contributed by atoms with van der Waals surface area (Å²) in [6.45, 7) is 0.764. The highest BCUT2D eigenvalue weighted by atomic mass is 16.6. The number of methoxy groups -OCH3 is 1. The maximum Gasteiger partial charge on any atom is 0.340 e. The topological polar surface area (TPSA) is 162 Å². The van der Waals surface area contributed by atoms with Gasteiger partial charge in [-0.25, -0.2) is 9.59 Å². The van der Waals surface area contributed by atoms with Crippen LogP contribution in [-0.2, 0) is 48.7 Å². The van der Waals surface area contributed by atoms with Crippen molar-refractivity contribution < 1.29 is 48.3 Å². The largest absolute Gasteiger partial charge is 0.482 e. The Morgan fingerprint density at radius 3 is 2.44 bits per heavy atom. The van der Waals surface area contributed by atoms with Crippen LogP contribution in [-0.4, -0.2) is 65.9 Å². The fourth-order valence-corrected chi connectivity index (χ4v) is 17.7. The summed E-state index contributed by atoms with van der Waals surface area (Å²) < 4.78 is 33.6. The van der Waals surface area contributed by atoms with Crippen molar-refractivity contribution in [1.82, 2.24) is 0 Å². The summed E-state index contributed by atoms with van der Waals surface area (Å²) in [5, 5.41) is 32.5. The van der Waals surface area contributed by atoms with E-state index in [0.29, 0.717) is 65.4 Å². The van der Waals surface area contributed by atoms with Gasteiger partial charge in [0.25, 0.3) is 0 Å². The first-order valence-electron chi connectivity index (χ1n) is 30.5. The number of carbonyl (C=O) groups is 2. The molecule has 0 saturated heterocycles. The Kier molecular flexibility index (Phi) is 14.9. The van der Waals surface area contributed by atoms with E-state index in [1.54, 1.807) is 13.0 Å². The van der Waals surface area contributed by atoms with Crippen LogP contribution < -0.4 is 10.4 Å². The minimum Gasteiger partial charge on any atom is -0.482 e. The molecular formula is C70H78O11. The molecule has 3 saturated carbocycles. The highest BCUT2D eigenvalue weighted by molar-refractivity contribution is 5.90. The Balaban J connectivity index is 0.955. The van der Waals surface area contributed by atoms with Crippen LogP contribution in [0, 0.1) is 29.6 Å². The van der Waals surface area contributed by atoms with Crippen LogP contribution in [0.15, 0.2) is 117 Å². The van der Waals surface area contributed by atoms with E-state index in [-0.39, 0.29) is 84.4 Å². The average molecular weight is 1100 g/mol. The minimum atomic E-state index is -1.29. The van der Waals surface area contributed by atoms with Crippen molar-refractivity contribution in [2.45, 2.75) is 164 Å². The molecule has 3 fully saturated rings. The van der Waals surface area contributed by atoms with Crippen molar-refractivity contribution in [2.75, 3.05) is 26.9 Å². The van der Waals surface area contributed by atoms with Gasteiger partial charge >= 0.3 is 17.6 Å². The fraction of sp³-hybridized carbons (Fsp3) is 0.500. The Hall–Kier alpha value is -6.11. The number of rotatable bonds is 8. The summed E-state index contributed by atoms with van der Waals surface area (Å²) in [6, 6.07) is 28.3. The average Bonchev–Trinajstić information content (AvgIpc) is 2.61. The second-order valence-corrected chi connectivity index (χ2v) is 25.1. The lowest BCUT2D eigenvalue weighted by Gasteiger charge is -2.56. The van der Waals surface area contributed by atoms with Crippen molar-refractivity contribution in [2.24, 2.45) is 29.6 Å². The number of aliphatic hydroxyl groups excluding tert-OH is 3. The molecule has 12 unspecified atom stereocenters. The lowest BCUT2D eigenvalue weighted by atomic mass is 9.48. The van der Waals surface area contributed by atoms with Gasteiger partial charge in [-0.2, -0.15) is 0 Å². The van der Waals surface area contributed by atoms with Gasteiger partial charge in [-0.3, -0.25) is 4.79 Å². The van der Waals surface area contributed by atoms with Crippen molar-refractivity contribution >= 4 is 29.0 Å². The van der Waals surface area contributed by atoms with Gasteiger partial charge in [0.15, 0.2) is 17.8 Å². The number of ether oxygens (including phenoxy) is 4. The molecule has 424 valence electrons. The highest BCUT2D eigenvalue weighted by Crippen LogP contribution is 2.62. The third-order valence-electron chi connectivity index (χ3n) is 21.2. The summed E-state index contributed by atoms with van der Waals surface area (Å²) >= 11 is 0. The van der Waals surface area contributed by atoms with E-state index in [2.05, 4.69) is 91.0 Å². The number of allylic oxidation sites excluding steroid dienone is 3. The zero-order valence-electron chi connectivity index (χ0n) is 47.0. The maximum absolute atomic E-state index is 15.8. The van der Waals surface area contributed by atoms with E-state index in [1.165, 1.54) is 54.2 Å². The lowest BCUT2D eigenvalue weighted by Crippen LogP contribution is -2.63. The van der Waals surface area contributed by atoms with Crippen LogP contribution in [0.1, 0.15) is 183 Å². The van der Waals surface area contributed by atoms with Gasteiger partial charge in [0.1, 0.15) is 11.3 Å². The first kappa shape index (κ1) is 54.2. The van der Waals surface area contributed by atoms with Crippen LogP contribution in [0.5, 0.6) is 5.75 Å². The van der Waals surface area contributed by atoms with E-state index in [4.69, 9.17) is 23.4 Å². The molecule has 0 amide bonds. The number of aliphatic hydroxyl groups is 3. The maximum atomic E-state index is 15.8. The van der Waals surface area contributed by atoms with Crippen molar-refractivity contribution in [3.05, 3.63) is 174 Å². The molecule has 3 N–H and O–H groups in total. The molecule has 2 spiro atoms. The van der Waals surface area contributed by atoms with Crippen LogP contribution in [0.3, 0.4) is 0 Å². The fourth-order valence-electron chi connectivity index (χ4n) is 17.7. The monoisotopic (exact) mass is 1090 g/mol. The van der Waals surface area contributed by atoms with Gasteiger partial charge < -0.3 is 38.7 Å². The quantitative estimate of drug-likeness (QED) is 0.0587. The van der Waals surface area contributed by atoms with Crippen LogP contribution in [0.25, 0.3) is 17.0 Å². The summed E-state index contributed by atoms with van der Waals surface area (Å²) in [5.74, 6) is -0.346. The van der Waals surface area contributed by atoms with Gasteiger partial charge in [-0.1, -0.05) is 117 Å². The normalized spacial score (nSPS) is 31.4. The molecule has 14 rings (SSSR count). The minimum absolute atomic E-state index is 0.0338. The van der Waals surface area contributed by atoms with Gasteiger partial charge in [0.2, 0.25) is 0 Å². The molecule has 4 heterocycles. The van der Waals surface area contributed by atoms with E-state index in [0.717, 1.165) is 62.5 Å². The smallest absolute Gasteiger partial charge is 0.340 e. The third kappa shape index (κ3) is 9.10. The van der Waals surface area contributed by atoms with E-state index in [1.807, 2.05) is 6.07 Å². The Morgan fingerprint density at radius 1 is 0.790 bits per heavy atom. The number of benzene rings is 4. The van der Waals surface area contributed by atoms with Gasteiger partial charge in [-0.05, 0) is 170 Å². The predicted molar refractivity (Wildman–Crippen MR) is 310 cm³/mol. The van der Waals surface area contributed by atoms with Crippen LogP contribution >= 0.6 is 0 Å². The molecule has 3 aliphatic heterocycles. The number of aryl methyl sites for hydroxylation is 1. The number of fused-ring (bicyclic) bond motifs is 15.